The Morgan fingerprint density at radius 2 is 2.06 bits per heavy atom. The SMILES string of the molecule is O=C(C1CCCN(S(=O)(=O)c2cccs2)C1)N(Cc1ccccn1)c1nc2c(F)cccc2s1. The quantitative estimate of drug-likeness (QED) is 0.376. The molecule has 0 saturated carbocycles. The van der Waals surface area contributed by atoms with Crippen molar-refractivity contribution in [2.24, 2.45) is 5.92 Å². The normalized spacial score (nSPS) is 17.1. The van der Waals surface area contributed by atoms with Crippen LogP contribution in [0.5, 0.6) is 0 Å². The van der Waals surface area contributed by atoms with Crippen LogP contribution in [0.25, 0.3) is 10.2 Å². The number of nitrogens with zero attached hydrogens (tertiary/aromatic N) is 4. The molecule has 5 rings (SSSR count). The van der Waals surface area contributed by atoms with Gasteiger partial charge in [0.25, 0.3) is 10.0 Å². The fourth-order valence-electron chi connectivity index (χ4n) is 4.03. The summed E-state index contributed by atoms with van der Waals surface area (Å²) in [7, 11) is -3.65. The number of thiophene rings is 1. The molecule has 1 aliphatic rings. The zero-order valence-electron chi connectivity index (χ0n) is 18.0. The largest absolute Gasteiger partial charge is 0.282 e. The van der Waals surface area contributed by atoms with Crippen molar-refractivity contribution in [3.63, 3.8) is 0 Å². The summed E-state index contributed by atoms with van der Waals surface area (Å²) in [6.45, 7) is 0.628. The molecule has 0 aliphatic carbocycles. The van der Waals surface area contributed by atoms with E-state index in [0.29, 0.717) is 34.9 Å². The molecule has 1 fully saturated rings. The van der Waals surface area contributed by atoms with E-state index in [0.717, 1.165) is 11.3 Å². The van der Waals surface area contributed by atoms with Crippen LogP contribution in [-0.4, -0.2) is 41.7 Å². The summed E-state index contributed by atoms with van der Waals surface area (Å²) < 4.78 is 42.7. The maximum absolute atomic E-state index is 14.3. The number of thiazole rings is 1. The van der Waals surface area contributed by atoms with Crippen LogP contribution in [0.15, 0.2) is 64.3 Å². The van der Waals surface area contributed by atoms with Gasteiger partial charge in [0.2, 0.25) is 5.91 Å². The molecule has 176 valence electrons. The van der Waals surface area contributed by atoms with Crippen molar-refractivity contribution in [2.75, 3.05) is 18.0 Å². The highest BCUT2D eigenvalue weighted by molar-refractivity contribution is 7.91. The maximum Gasteiger partial charge on any atom is 0.252 e. The minimum absolute atomic E-state index is 0.0943. The van der Waals surface area contributed by atoms with Crippen molar-refractivity contribution in [1.82, 2.24) is 14.3 Å². The van der Waals surface area contributed by atoms with E-state index >= 15 is 0 Å². The van der Waals surface area contributed by atoms with Gasteiger partial charge in [-0.15, -0.1) is 11.3 Å². The van der Waals surface area contributed by atoms with Gasteiger partial charge in [0.15, 0.2) is 5.13 Å². The molecule has 1 saturated heterocycles. The first-order valence-electron chi connectivity index (χ1n) is 10.7. The number of hydrogen-bond donors (Lipinski definition) is 0. The van der Waals surface area contributed by atoms with Crippen LogP contribution in [0.3, 0.4) is 0 Å². The topological polar surface area (TPSA) is 83.5 Å². The van der Waals surface area contributed by atoms with Gasteiger partial charge in [0.05, 0.1) is 22.9 Å². The molecule has 34 heavy (non-hydrogen) atoms. The van der Waals surface area contributed by atoms with E-state index in [2.05, 4.69) is 9.97 Å². The summed E-state index contributed by atoms with van der Waals surface area (Å²) in [6, 6.07) is 13.4. The van der Waals surface area contributed by atoms with Gasteiger partial charge in [0, 0.05) is 19.3 Å². The monoisotopic (exact) mass is 516 g/mol. The number of halogens is 1. The molecule has 0 N–H and O–H groups in total. The number of anilines is 1. The standard InChI is InChI=1S/C23H21FN4O3S3/c24-18-8-3-9-19-21(18)26-23(33-19)28(15-17-7-1-2-11-25-17)22(29)16-6-4-12-27(14-16)34(30,31)20-10-5-13-32-20/h1-3,5,7-11,13,16H,4,6,12,14-15H2. The molecular formula is C23H21FN4O3S3. The van der Waals surface area contributed by atoms with Crippen LogP contribution in [0.4, 0.5) is 9.52 Å². The first-order chi connectivity index (χ1) is 16.4. The van der Waals surface area contributed by atoms with E-state index in [9.17, 15) is 17.6 Å². The summed E-state index contributed by atoms with van der Waals surface area (Å²) in [5.41, 5.74) is 0.876. The van der Waals surface area contributed by atoms with Crippen LogP contribution in [0.1, 0.15) is 18.5 Å². The van der Waals surface area contributed by atoms with Gasteiger partial charge in [0.1, 0.15) is 15.5 Å². The number of pyridine rings is 1. The predicted molar refractivity (Wildman–Crippen MR) is 131 cm³/mol. The molecule has 4 heterocycles. The number of piperidine rings is 1. The first-order valence-corrected chi connectivity index (χ1v) is 13.9. The van der Waals surface area contributed by atoms with Crippen molar-refractivity contribution in [1.29, 1.82) is 0 Å². The van der Waals surface area contributed by atoms with Crippen LogP contribution in [0, 0.1) is 11.7 Å². The summed E-state index contributed by atoms with van der Waals surface area (Å²) in [4.78, 5) is 24.0. The van der Waals surface area contributed by atoms with E-state index in [1.807, 2.05) is 12.1 Å². The van der Waals surface area contributed by atoms with E-state index in [1.165, 1.54) is 26.6 Å². The Kier molecular flexibility index (Phi) is 6.43. The first kappa shape index (κ1) is 23.0. The highest BCUT2D eigenvalue weighted by Crippen LogP contribution is 2.34. The second-order valence-corrected chi connectivity index (χ2v) is 12.1. The third-order valence-corrected chi connectivity index (χ3v) is 10.0. The number of amides is 1. The molecule has 0 bridgehead atoms. The smallest absolute Gasteiger partial charge is 0.252 e. The number of hydrogen-bond acceptors (Lipinski definition) is 7. The predicted octanol–water partition coefficient (Wildman–Crippen LogP) is 4.53. The van der Waals surface area contributed by atoms with Gasteiger partial charge in [-0.25, -0.2) is 17.8 Å². The molecule has 11 heteroatoms. The number of fused-ring (bicyclic) bond motifs is 1. The van der Waals surface area contributed by atoms with Crippen molar-refractivity contribution in [3.05, 3.63) is 71.6 Å². The summed E-state index contributed by atoms with van der Waals surface area (Å²) in [5.74, 6) is -1.23. The van der Waals surface area contributed by atoms with Crippen LogP contribution in [0.2, 0.25) is 0 Å². The number of sulfonamides is 1. The average Bonchev–Trinajstić information content (AvgIpc) is 3.54. The fourth-order valence-corrected chi connectivity index (χ4v) is 7.69. The Morgan fingerprint density at radius 3 is 2.79 bits per heavy atom. The molecule has 0 spiro atoms. The fraction of sp³-hybridized carbons (Fsp3) is 0.261. The van der Waals surface area contributed by atoms with Gasteiger partial charge in [-0.05, 0) is 48.6 Å². The Balaban J connectivity index is 1.46. The number of para-hydroxylation sites is 1. The van der Waals surface area contributed by atoms with E-state index < -0.39 is 21.8 Å². The lowest BCUT2D eigenvalue weighted by molar-refractivity contribution is -0.123. The van der Waals surface area contributed by atoms with Gasteiger partial charge in [-0.1, -0.05) is 29.5 Å². The Bertz CT molecular complexity index is 1410. The Labute approximate surface area is 204 Å². The molecule has 1 atom stereocenters. The summed E-state index contributed by atoms with van der Waals surface area (Å²) in [5, 5.41) is 2.09. The van der Waals surface area contributed by atoms with Gasteiger partial charge < -0.3 is 0 Å². The third kappa shape index (κ3) is 4.48. The maximum atomic E-state index is 14.3. The Morgan fingerprint density at radius 1 is 1.18 bits per heavy atom. The van der Waals surface area contributed by atoms with Crippen LogP contribution in [-0.2, 0) is 21.4 Å². The van der Waals surface area contributed by atoms with Gasteiger partial charge in [-0.3, -0.25) is 14.7 Å². The molecule has 4 aromatic rings. The van der Waals surface area contributed by atoms with Crippen LogP contribution < -0.4 is 4.90 Å². The number of aromatic nitrogens is 2. The van der Waals surface area contributed by atoms with E-state index in [4.69, 9.17) is 0 Å². The number of carbonyl (C=O) groups excluding carboxylic acids is 1. The third-order valence-electron chi connectivity index (χ3n) is 5.72. The lowest BCUT2D eigenvalue weighted by Gasteiger charge is -2.33. The number of carbonyl (C=O) groups is 1. The molecule has 3 aromatic heterocycles. The lowest BCUT2D eigenvalue weighted by atomic mass is 9.98. The van der Waals surface area contributed by atoms with Crippen molar-refractivity contribution in [3.8, 4) is 0 Å². The zero-order valence-corrected chi connectivity index (χ0v) is 20.5. The van der Waals surface area contributed by atoms with E-state index in [1.54, 1.807) is 41.9 Å². The minimum atomic E-state index is -3.65. The highest BCUT2D eigenvalue weighted by Gasteiger charge is 2.36. The molecule has 0 radical (unpaired) electrons. The minimum Gasteiger partial charge on any atom is -0.282 e. The zero-order chi connectivity index (χ0) is 23.7. The number of rotatable bonds is 6. The summed E-state index contributed by atoms with van der Waals surface area (Å²) >= 11 is 2.40. The van der Waals surface area contributed by atoms with Crippen molar-refractivity contribution >= 4 is 54.0 Å². The molecular weight excluding hydrogens is 495 g/mol. The highest BCUT2D eigenvalue weighted by atomic mass is 32.2. The second kappa shape index (κ2) is 9.49. The number of benzene rings is 1. The molecule has 1 unspecified atom stereocenters. The van der Waals surface area contributed by atoms with Gasteiger partial charge >= 0.3 is 0 Å². The van der Waals surface area contributed by atoms with Crippen molar-refractivity contribution in [2.45, 2.75) is 23.6 Å². The summed E-state index contributed by atoms with van der Waals surface area (Å²) in [6.07, 6.45) is 2.78. The molecule has 1 aromatic carbocycles. The van der Waals surface area contributed by atoms with Crippen molar-refractivity contribution < 1.29 is 17.6 Å². The van der Waals surface area contributed by atoms with E-state index in [-0.39, 0.29) is 28.7 Å². The average molecular weight is 517 g/mol. The Hall–Kier alpha value is -2.73. The van der Waals surface area contributed by atoms with Crippen LogP contribution >= 0.6 is 22.7 Å². The molecule has 1 amide bonds. The van der Waals surface area contributed by atoms with Gasteiger partial charge in [-0.2, -0.15) is 4.31 Å². The molecule has 7 nitrogen and oxygen atoms in total. The second-order valence-electron chi connectivity index (χ2n) is 7.96. The lowest BCUT2D eigenvalue weighted by Crippen LogP contribution is -2.46. The molecule has 1 aliphatic heterocycles.